The van der Waals surface area contributed by atoms with Crippen molar-refractivity contribution in [3.63, 3.8) is 0 Å². The molecule has 0 bridgehead atoms. The van der Waals surface area contributed by atoms with Crippen LogP contribution in [-0.2, 0) is 9.47 Å². The Balaban J connectivity index is 1.51. The van der Waals surface area contributed by atoms with Crippen LogP contribution in [0.25, 0.3) is 0 Å². The first-order chi connectivity index (χ1) is 11.8. The molecule has 0 spiro atoms. The third-order valence-electron chi connectivity index (χ3n) is 4.77. The average molecular weight is 333 g/mol. The van der Waals surface area contributed by atoms with Crippen molar-refractivity contribution in [3.8, 4) is 0 Å². The molecule has 6 heteroatoms. The SMILES string of the molecule is CCOC(=O)c1cccnc1NC1CCN(C[C@@H]2CCOC2)CC1. The van der Waals surface area contributed by atoms with Gasteiger partial charge in [-0.25, -0.2) is 9.78 Å². The molecular weight excluding hydrogens is 306 g/mol. The zero-order valence-electron chi connectivity index (χ0n) is 14.4. The van der Waals surface area contributed by atoms with Crippen molar-refractivity contribution in [1.82, 2.24) is 9.88 Å². The van der Waals surface area contributed by atoms with Crippen molar-refractivity contribution in [2.45, 2.75) is 32.2 Å². The molecule has 6 nitrogen and oxygen atoms in total. The van der Waals surface area contributed by atoms with Gasteiger partial charge in [-0.2, -0.15) is 0 Å². The zero-order chi connectivity index (χ0) is 16.8. The molecule has 0 saturated carbocycles. The van der Waals surface area contributed by atoms with E-state index < -0.39 is 0 Å². The minimum atomic E-state index is -0.313. The highest BCUT2D eigenvalue weighted by Crippen LogP contribution is 2.21. The summed E-state index contributed by atoms with van der Waals surface area (Å²) in [6.07, 6.45) is 5.02. The second-order valence-corrected chi connectivity index (χ2v) is 6.57. The molecular formula is C18H27N3O3. The normalized spacial score (nSPS) is 22.5. The first-order valence-electron chi connectivity index (χ1n) is 8.95. The summed E-state index contributed by atoms with van der Waals surface area (Å²) in [5.74, 6) is 1.02. The van der Waals surface area contributed by atoms with Crippen LogP contribution in [0.2, 0.25) is 0 Å². The van der Waals surface area contributed by atoms with Gasteiger partial charge in [0.25, 0.3) is 0 Å². The summed E-state index contributed by atoms with van der Waals surface area (Å²) in [4.78, 5) is 18.9. The molecule has 1 aromatic heterocycles. The zero-order valence-corrected chi connectivity index (χ0v) is 14.4. The van der Waals surface area contributed by atoms with E-state index in [-0.39, 0.29) is 5.97 Å². The molecule has 1 aromatic rings. The van der Waals surface area contributed by atoms with Gasteiger partial charge in [0.15, 0.2) is 0 Å². The van der Waals surface area contributed by atoms with E-state index in [2.05, 4.69) is 15.2 Å². The fourth-order valence-corrected chi connectivity index (χ4v) is 3.44. The van der Waals surface area contributed by atoms with E-state index in [1.54, 1.807) is 18.3 Å². The summed E-state index contributed by atoms with van der Waals surface area (Å²) in [5, 5.41) is 3.44. The van der Waals surface area contributed by atoms with Crippen molar-refractivity contribution >= 4 is 11.8 Å². The molecule has 132 valence electrons. The number of nitrogens with zero attached hydrogens (tertiary/aromatic N) is 2. The van der Waals surface area contributed by atoms with Crippen LogP contribution >= 0.6 is 0 Å². The van der Waals surface area contributed by atoms with Gasteiger partial charge in [0.2, 0.25) is 0 Å². The van der Waals surface area contributed by atoms with E-state index in [9.17, 15) is 4.79 Å². The molecule has 3 heterocycles. The number of carbonyl (C=O) groups excluding carboxylic acids is 1. The third kappa shape index (κ3) is 4.45. The maximum Gasteiger partial charge on any atom is 0.341 e. The van der Waals surface area contributed by atoms with Crippen LogP contribution in [0.3, 0.4) is 0 Å². The largest absolute Gasteiger partial charge is 0.462 e. The molecule has 3 rings (SSSR count). The molecule has 0 aliphatic carbocycles. The van der Waals surface area contributed by atoms with E-state index >= 15 is 0 Å². The highest BCUT2D eigenvalue weighted by molar-refractivity contribution is 5.94. The van der Waals surface area contributed by atoms with Gasteiger partial charge < -0.3 is 19.7 Å². The lowest BCUT2D eigenvalue weighted by atomic mass is 10.0. The van der Waals surface area contributed by atoms with Crippen molar-refractivity contribution in [2.24, 2.45) is 5.92 Å². The molecule has 0 aromatic carbocycles. The van der Waals surface area contributed by atoms with Crippen molar-refractivity contribution in [3.05, 3.63) is 23.9 Å². The highest BCUT2D eigenvalue weighted by atomic mass is 16.5. The summed E-state index contributed by atoms with van der Waals surface area (Å²) in [6, 6.07) is 3.89. The van der Waals surface area contributed by atoms with E-state index in [0.29, 0.717) is 29.9 Å². The van der Waals surface area contributed by atoms with Crippen LogP contribution in [0.15, 0.2) is 18.3 Å². The minimum Gasteiger partial charge on any atom is -0.462 e. The first kappa shape index (κ1) is 17.2. The van der Waals surface area contributed by atoms with Crippen LogP contribution in [0, 0.1) is 5.92 Å². The molecule has 2 aliphatic heterocycles. The van der Waals surface area contributed by atoms with Crippen LogP contribution in [0.4, 0.5) is 5.82 Å². The summed E-state index contributed by atoms with van der Waals surface area (Å²) < 4.78 is 10.6. The Morgan fingerprint density at radius 3 is 2.96 bits per heavy atom. The van der Waals surface area contributed by atoms with Gasteiger partial charge in [-0.05, 0) is 44.2 Å². The van der Waals surface area contributed by atoms with E-state index in [0.717, 1.165) is 45.7 Å². The molecule has 1 N–H and O–H groups in total. The van der Waals surface area contributed by atoms with Gasteiger partial charge >= 0.3 is 5.97 Å². The van der Waals surface area contributed by atoms with Gasteiger partial charge in [0.05, 0.1) is 13.2 Å². The fraction of sp³-hybridized carbons (Fsp3) is 0.667. The second-order valence-electron chi connectivity index (χ2n) is 6.57. The van der Waals surface area contributed by atoms with Gasteiger partial charge in [0, 0.05) is 38.5 Å². The number of likely N-dealkylation sites (tertiary alicyclic amines) is 1. The van der Waals surface area contributed by atoms with Crippen molar-refractivity contribution in [2.75, 3.05) is 44.8 Å². The number of pyridine rings is 1. The monoisotopic (exact) mass is 333 g/mol. The molecule has 0 radical (unpaired) electrons. The summed E-state index contributed by atoms with van der Waals surface area (Å²) >= 11 is 0. The second kappa shape index (κ2) is 8.44. The Labute approximate surface area is 143 Å². The van der Waals surface area contributed by atoms with E-state index in [4.69, 9.17) is 9.47 Å². The average Bonchev–Trinajstić information content (AvgIpc) is 3.10. The lowest BCUT2D eigenvalue weighted by Gasteiger charge is -2.34. The van der Waals surface area contributed by atoms with Gasteiger partial charge in [-0.15, -0.1) is 0 Å². The molecule has 1 atom stereocenters. The number of ether oxygens (including phenoxy) is 2. The maximum atomic E-state index is 12.0. The van der Waals surface area contributed by atoms with Crippen molar-refractivity contribution in [1.29, 1.82) is 0 Å². The molecule has 2 aliphatic rings. The number of hydrogen-bond donors (Lipinski definition) is 1. The lowest BCUT2D eigenvalue weighted by molar-refractivity contribution is 0.0527. The summed E-state index contributed by atoms with van der Waals surface area (Å²) in [6.45, 7) is 7.31. The molecule has 0 unspecified atom stereocenters. The maximum absolute atomic E-state index is 12.0. The number of rotatable bonds is 6. The molecule has 2 saturated heterocycles. The van der Waals surface area contributed by atoms with E-state index in [1.165, 1.54) is 6.42 Å². The van der Waals surface area contributed by atoms with Crippen LogP contribution in [-0.4, -0.2) is 61.3 Å². The Kier molecular flexibility index (Phi) is 6.04. The van der Waals surface area contributed by atoms with Gasteiger partial charge in [-0.3, -0.25) is 0 Å². The number of piperidine rings is 1. The Bertz CT molecular complexity index is 538. The smallest absolute Gasteiger partial charge is 0.341 e. The molecule has 0 amide bonds. The summed E-state index contributed by atoms with van der Waals surface area (Å²) in [7, 11) is 0. The molecule has 2 fully saturated rings. The Morgan fingerprint density at radius 2 is 2.25 bits per heavy atom. The Morgan fingerprint density at radius 1 is 1.42 bits per heavy atom. The quantitative estimate of drug-likeness (QED) is 0.805. The predicted octanol–water partition coefficient (Wildman–Crippen LogP) is 2.17. The number of aromatic nitrogens is 1. The van der Waals surface area contributed by atoms with Gasteiger partial charge in [0.1, 0.15) is 11.4 Å². The number of carbonyl (C=O) groups is 1. The number of hydrogen-bond acceptors (Lipinski definition) is 6. The lowest BCUT2D eigenvalue weighted by Crippen LogP contribution is -2.41. The Hall–Kier alpha value is -1.66. The number of esters is 1. The van der Waals surface area contributed by atoms with Crippen LogP contribution < -0.4 is 5.32 Å². The fourth-order valence-electron chi connectivity index (χ4n) is 3.44. The standard InChI is InChI=1S/C18H27N3O3/c1-2-24-18(22)16-4-3-8-19-17(16)20-15-5-9-21(10-6-15)12-14-7-11-23-13-14/h3-4,8,14-15H,2,5-7,9-13H2,1H3,(H,19,20)/t14-/m0/s1. The first-order valence-corrected chi connectivity index (χ1v) is 8.95. The topological polar surface area (TPSA) is 63.7 Å². The van der Waals surface area contributed by atoms with Gasteiger partial charge in [-0.1, -0.05) is 0 Å². The minimum absolute atomic E-state index is 0.313. The number of anilines is 1. The van der Waals surface area contributed by atoms with Crippen LogP contribution in [0.1, 0.15) is 36.5 Å². The third-order valence-corrected chi connectivity index (χ3v) is 4.77. The van der Waals surface area contributed by atoms with E-state index in [1.807, 2.05) is 6.92 Å². The molecule has 24 heavy (non-hydrogen) atoms. The van der Waals surface area contributed by atoms with Crippen molar-refractivity contribution < 1.29 is 14.3 Å². The highest BCUT2D eigenvalue weighted by Gasteiger charge is 2.25. The van der Waals surface area contributed by atoms with Crippen LogP contribution in [0.5, 0.6) is 0 Å². The number of nitrogens with one attached hydrogen (secondary N) is 1. The predicted molar refractivity (Wildman–Crippen MR) is 92.2 cm³/mol. The summed E-state index contributed by atoms with van der Waals surface area (Å²) in [5.41, 5.74) is 0.518.